The fraction of sp³-hybridized carbons (Fsp3) is 0.389. The van der Waals surface area contributed by atoms with E-state index in [9.17, 15) is 4.79 Å². The van der Waals surface area contributed by atoms with Crippen LogP contribution in [0.15, 0.2) is 30.3 Å². The lowest BCUT2D eigenvalue weighted by molar-refractivity contribution is 0.0736. The summed E-state index contributed by atoms with van der Waals surface area (Å²) in [6, 6.07) is 9.25. The summed E-state index contributed by atoms with van der Waals surface area (Å²) in [5.74, 6) is 0.889. The Labute approximate surface area is 142 Å². The smallest absolute Gasteiger partial charge is 0.272 e. The SMILES string of the molecule is COc1ccc(C(C)N(C)C(=O)c2cc(C(C)C)nc(N)n2)cc1. The number of amides is 1. The van der Waals surface area contributed by atoms with Crippen molar-refractivity contribution in [2.24, 2.45) is 0 Å². The highest BCUT2D eigenvalue weighted by molar-refractivity contribution is 5.92. The molecule has 1 aromatic heterocycles. The van der Waals surface area contributed by atoms with Crippen LogP contribution in [0.5, 0.6) is 5.75 Å². The number of hydrogen-bond donors (Lipinski definition) is 1. The van der Waals surface area contributed by atoms with Gasteiger partial charge in [0.25, 0.3) is 5.91 Å². The molecule has 0 bridgehead atoms. The Balaban J connectivity index is 2.24. The van der Waals surface area contributed by atoms with Gasteiger partial charge in [0.05, 0.1) is 13.2 Å². The fourth-order valence-corrected chi connectivity index (χ4v) is 2.35. The zero-order valence-corrected chi connectivity index (χ0v) is 14.8. The van der Waals surface area contributed by atoms with Crippen molar-refractivity contribution >= 4 is 11.9 Å². The van der Waals surface area contributed by atoms with Gasteiger partial charge in [0.15, 0.2) is 0 Å². The lowest BCUT2D eigenvalue weighted by Gasteiger charge is -2.25. The van der Waals surface area contributed by atoms with Gasteiger partial charge >= 0.3 is 0 Å². The van der Waals surface area contributed by atoms with E-state index in [1.165, 1.54) is 0 Å². The first-order chi connectivity index (χ1) is 11.3. The van der Waals surface area contributed by atoms with E-state index in [0.717, 1.165) is 17.0 Å². The monoisotopic (exact) mass is 328 g/mol. The number of nitrogen functional groups attached to an aromatic ring is 1. The molecule has 1 heterocycles. The number of anilines is 1. The van der Waals surface area contributed by atoms with Gasteiger partial charge in [-0.1, -0.05) is 26.0 Å². The van der Waals surface area contributed by atoms with Crippen LogP contribution < -0.4 is 10.5 Å². The molecule has 24 heavy (non-hydrogen) atoms. The summed E-state index contributed by atoms with van der Waals surface area (Å²) in [7, 11) is 3.38. The number of ether oxygens (including phenoxy) is 1. The number of hydrogen-bond acceptors (Lipinski definition) is 5. The van der Waals surface area contributed by atoms with E-state index in [2.05, 4.69) is 9.97 Å². The van der Waals surface area contributed by atoms with Crippen LogP contribution in [0.1, 0.15) is 54.5 Å². The Morgan fingerprint density at radius 3 is 2.33 bits per heavy atom. The lowest BCUT2D eigenvalue weighted by atomic mass is 10.1. The lowest BCUT2D eigenvalue weighted by Crippen LogP contribution is -2.30. The highest BCUT2D eigenvalue weighted by Crippen LogP contribution is 2.23. The Bertz CT molecular complexity index is 713. The van der Waals surface area contributed by atoms with Crippen LogP contribution in [-0.4, -0.2) is 34.9 Å². The van der Waals surface area contributed by atoms with E-state index in [-0.39, 0.29) is 23.8 Å². The van der Waals surface area contributed by atoms with Crippen LogP contribution in [-0.2, 0) is 0 Å². The number of nitrogens with two attached hydrogens (primary N) is 1. The molecule has 2 rings (SSSR count). The first kappa shape index (κ1) is 17.7. The minimum Gasteiger partial charge on any atom is -0.497 e. The highest BCUT2D eigenvalue weighted by atomic mass is 16.5. The summed E-state index contributed by atoms with van der Waals surface area (Å²) in [6.07, 6.45) is 0. The van der Waals surface area contributed by atoms with Crippen molar-refractivity contribution in [2.75, 3.05) is 19.9 Å². The molecule has 128 valence electrons. The van der Waals surface area contributed by atoms with Gasteiger partial charge in [-0.3, -0.25) is 4.79 Å². The maximum atomic E-state index is 12.8. The summed E-state index contributed by atoms with van der Waals surface area (Å²) in [6.45, 7) is 5.97. The Hall–Kier alpha value is -2.63. The maximum Gasteiger partial charge on any atom is 0.272 e. The third kappa shape index (κ3) is 3.82. The second kappa shape index (κ2) is 7.29. The number of rotatable bonds is 5. The molecule has 1 atom stereocenters. The minimum atomic E-state index is -0.186. The van der Waals surface area contributed by atoms with E-state index in [1.54, 1.807) is 25.1 Å². The normalized spacial score (nSPS) is 12.1. The molecule has 0 aliphatic carbocycles. The van der Waals surface area contributed by atoms with Crippen molar-refractivity contribution in [3.63, 3.8) is 0 Å². The molecule has 0 aliphatic rings. The summed E-state index contributed by atoms with van der Waals surface area (Å²) in [5.41, 5.74) is 7.83. The second-order valence-electron chi connectivity index (χ2n) is 6.06. The highest BCUT2D eigenvalue weighted by Gasteiger charge is 2.21. The molecule has 0 fully saturated rings. The van der Waals surface area contributed by atoms with Crippen molar-refractivity contribution in [1.29, 1.82) is 0 Å². The quantitative estimate of drug-likeness (QED) is 0.912. The number of carbonyl (C=O) groups excluding carboxylic acids is 1. The molecule has 0 radical (unpaired) electrons. The van der Waals surface area contributed by atoms with E-state index in [0.29, 0.717) is 5.69 Å². The number of benzene rings is 1. The van der Waals surface area contributed by atoms with Gasteiger partial charge in [-0.2, -0.15) is 0 Å². The first-order valence-electron chi connectivity index (χ1n) is 7.89. The predicted molar refractivity (Wildman–Crippen MR) is 94.0 cm³/mol. The molecular weight excluding hydrogens is 304 g/mol. The van der Waals surface area contributed by atoms with Gasteiger partial charge in [-0.25, -0.2) is 9.97 Å². The second-order valence-corrected chi connectivity index (χ2v) is 6.06. The number of nitrogens with zero attached hydrogens (tertiary/aromatic N) is 3. The van der Waals surface area contributed by atoms with Crippen LogP contribution in [0, 0.1) is 0 Å². The molecule has 0 aliphatic heterocycles. The third-order valence-corrected chi connectivity index (χ3v) is 4.07. The molecule has 2 N–H and O–H groups in total. The number of methoxy groups -OCH3 is 1. The van der Waals surface area contributed by atoms with Gasteiger partial charge in [-0.05, 0) is 36.6 Å². The van der Waals surface area contributed by atoms with Crippen LogP contribution >= 0.6 is 0 Å². The summed E-state index contributed by atoms with van der Waals surface area (Å²) < 4.78 is 5.16. The van der Waals surface area contributed by atoms with Crippen molar-refractivity contribution in [3.8, 4) is 5.75 Å². The largest absolute Gasteiger partial charge is 0.497 e. The zero-order valence-electron chi connectivity index (χ0n) is 14.8. The third-order valence-electron chi connectivity index (χ3n) is 4.07. The summed E-state index contributed by atoms with van der Waals surface area (Å²) in [5, 5.41) is 0. The predicted octanol–water partition coefficient (Wildman–Crippen LogP) is 3.02. The molecule has 0 saturated heterocycles. The standard InChI is InChI=1S/C18H24N4O2/c1-11(2)15-10-16(21-18(19)20-15)17(23)22(4)12(3)13-6-8-14(24-5)9-7-13/h6-12H,1-5H3,(H2,19,20,21). The van der Waals surface area contributed by atoms with Gasteiger partial charge in [0.1, 0.15) is 11.4 Å². The average molecular weight is 328 g/mol. The molecule has 0 spiro atoms. The average Bonchev–Trinajstić information content (AvgIpc) is 2.59. The number of aromatic nitrogens is 2. The van der Waals surface area contributed by atoms with Gasteiger partial charge < -0.3 is 15.4 Å². The van der Waals surface area contributed by atoms with Crippen molar-refractivity contribution in [2.45, 2.75) is 32.7 Å². The van der Waals surface area contributed by atoms with Gasteiger partial charge in [-0.15, -0.1) is 0 Å². The Morgan fingerprint density at radius 2 is 1.79 bits per heavy atom. The molecule has 6 nitrogen and oxygen atoms in total. The zero-order chi connectivity index (χ0) is 17.9. The molecule has 1 amide bonds. The van der Waals surface area contributed by atoms with Gasteiger partial charge in [0.2, 0.25) is 5.95 Å². The van der Waals surface area contributed by atoms with E-state index in [4.69, 9.17) is 10.5 Å². The Kier molecular flexibility index (Phi) is 5.39. The molecular formula is C18H24N4O2. The molecule has 0 saturated carbocycles. The summed E-state index contributed by atoms with van der Waals surface area (Å²) >= 11 is 0. The van der Waals surface area contributed by atoms with Crippen molar-refractivity contribution in [3.05, 3.63) is 47.3 Å². The first-order valence-corrected chi connectivity index (χ1v) is 7.89. The summed E-state index contributed by atoms with van der Waals surface area (Å²) in [4.78, 5) is 22.7. The maximum absolute atomic E-state index is 12.8. The van der Waals surface area contributed by atoms with E-state index >= 15 is 0 Å². The molecule has 2 aromatic rings. The van der Waals surface area contributed by atoms with E-state index < -0.39 is 0 Å². The topological polar surface area (TPSA) is 81.3 Å². The van der Waals surface area contributed by atoms with Crippen LogP contribution in [0.2, 0.25) is 0 Å². The van der Waals surface area contributed by atoms with Crippen molar-refractivity contribution in [1.82, 2.24) is 14.9 Å². The van der Waals surface area contributed by atoms with Crippen LogP contribution in [0.3, 0.4) is 0 Å². The van der Waals surface area contributed by atoms with Crippen molar-refractivity contribution < 1.29 is 9.53 Å². The minimum absolute atomic E-state index is 0.109. The van der Waals surface area contributed by atoms with Crippen LogP contribution in [0.4, 0.5) is 5.95 Å². The van der Waals surface area contributed by atoms with Crippen LogP contribution in [0.25, 0.3) is 0 Å². The Morgan fingerprint density at radius 1 is 1.17 bits per heavy atom. The van der Waals surface area contributed by atoms with Gasteiger partial charge in [0, 0.05) is 12.7 Å². The molecule has 1 unspecified atom stereocenters. The van der Waals surface area contributed by atoms with E-state index in [1.807, 2.05) is 45.0 Å². The number of carbonyl (C=O) groups is 1. The molecule has 1 aromatic carbocycles. The fourth-order valence-electron chi connectivity index (χ4n) is 2.35. The molecule has 6 heteroatoms.